The molecular weight excluding hydrogens is 242 g/mol. The quantitative estimate of drug-likeness (QED) is 0.910. The van der Waals surface area contributed by atoms with Crippen LogP contribution >= 0.6 is 0 Å². The Bertz CT molecular complexity index is 559. The molecular formula is C14H19N3O2. The third-order valence-corrected chi connectivity index (χ3v) is 3.36. The van der Waals surface area contributed by atoms with Crippen molar-refractivity contribution in [3.8, 4) is 0 Å². The predicted octanol–water partition coefficient (Wildman–Crippen LogP) is 1.73. The van der Waals surface area contributed by atoms with E-state index in [1.54, 1.807) is 0 Å². The number of rotatable bonds is 4. The Morgan fingerprint density at radius 2 is 2.37 bits per heavy atom. The van der Waals surface area contributed by atoms with Crippen LogP contribution in [-0.2, 0) is 24.8 Å². The van der Waals surface area contributed by atoms with Crippen molar-refractivity contribution in [2.45, 2.75) is 26.0 Å². The van der Waals surface area contributed by atoms with Crippen molar-refractivity contribution in [3.05, 3.63) is 41.1 Å². The van der Waals surface area contributed by atoms with Gasteiger partial charge in [-0.3, -0.25) is 4.68 Å². The summed E-state index contributed by atoms with van der Waals surface area (Å²) in [6, 6.07) is 3.97. The van der Waals surface area contributed by atoms with E-state index >= 15 is 0 Å². The van der Waals surface area contributed by atoms with Crippen molar-refractivity contribution in [2.24, 2.45) is 7.05 Å². The van der Waals surface area contributed by atoms with Gasteiger partial charge in [-0.1, -0.05) is 0 Å². The molecule has 0 bridgehead atoms. The van der Waals surface area contributed by atoms with E-state index < -0.39 is 0 Å². The molecule has 2 aromatic heterocycles. The highest BCUT2D eigenvalue weighted by atomic mass is 16.5. The van der Waals surface area contributed by atoms with Crippen molar-refractivity contribution in [2.75, 3.05) is 13.2 Å². The second kappa shape index (κ2) is 5.19. The molecule has 0 saturated carbocycles. The second-order valence-electron chi connectivity index (χ2n) is 4.97. The molecule has 1 aliphatic rings. The smallest absolute Gasteiger partial charge is 0.117 e. The highest BCUT2D eigenvalue weighted by molar-refractivity contribution is 5.22. The third kappa shape index (κ3) is 2.72. The summed E-state index contributed by atoms with van der Waals surface area (Å²) in [6.07, 6.45) is 3.08. The van der Waals surface area contributed by atoms with Gasteiger partial charge in [-0.2, -0.15) is 5.10 Å². The molecule has 0 amide bonds. The van der Waals surface area contributed by atoms with Crippen LogP contribution in [0.25, 0.3) is 0 Å². The fraction of sp³-hybridized carbons (Fsp3) is 0.500. The first-order valence-electron chi connectivity index (χ1n) is 6.62. The van der Waals surface area contributed by atoms with Crippen molar-refractivity contribution in [3.63, 3.8) is 0 Å². The fourth-order valence-corrected chi connectivity index (χ4v) is 2.47. The molecule has 1 N–H and O–H groups in total. The van der Waals surface area contributed by atoms with Gasteiger partial charge in [0, 0.05) is 19.8 Å². The average Bonchev–Trinajstić information content (AvgIpc) is 2.95. The lowest BCUT2D eigenvalue weighted by Crippen LogP contribution is -2.27. The maximum atomic E-state index is 5.79. The van der Waals surface area contributed by atoms with Crippen LogP contribution in [0.5, 0.6) is 0 Å². The number of ether oxygens (including phenoxy) is 1. The zero-order valence-corrected chi connectivity index (χ0v) is 11.3. The molecule has 3 heterocycles. The topological polar surface area (TPSA) is 52.2 Å². The van der Waals surface area contributed by atoms with Crippen LogP contribution in [0.1, 0.15) is 28.9 Å². The third-order valence-electron chi connectivity index (χ3n) is 3.36. The Labute approximate surface area is 112 Å². The summed E-state index contributed by atoms with van der Waals surface area (Å²) in [7, 11) is 1.95. The molecule has 1 atom stereocenters. The Morgan fingerprint density at radius 1 is 1.47 bits per heavy atom. The first-order valence-corrected chi connectivity index (χ1v) is 6.62. The van der Waals surface area contributed by atoms with Gasteiger partial charge in [0.25, 0.3) is 0 Å². The Balaban J connectivity index is 1.59. The van der Waals surface area contributed by atoms with Gasteiger partial charge in [0.2, 0.25) is 0 Å². The van der Waals surface area contributed by atoms with Crippen LogP contribution in [0.2, 0.25) is 0 Å². The minimum atomic E-state index is 0.0426. The summed E-state index contributed by atoms with van der Waals surface area (Å²) >= 11 is 0. The van der Waals surface area contributed by atoms with Gasteiger partial charge < -0.3 is 14.5 Å². The first kappa shape index (κ1) is 12.4. The van der Waals surface area contributed by atoms with E-state index in [-0.39, 0.29) is 6.10 Å². The average molecular weight is 261 g/mol. The molecule has 0 spiro atoms. The lowest BCUT2D eigenvalue weighted by molar-refractivity contribution is 0.0391. The van der Waals surface area contributed by atoms with Gasteiger partial charge in [-0.15, -0.1) is 0 Å². The minimum absolute atomic E-state index is 0.0426. The summed E-state index contributed by atoms with van der Waals surface area (Å²) in [6.45, 7) is 4.19. The maximum Gasteiger partial charge on any atom is 0.117 e. The summed E-state index contributed by atoms with van der Waals surface area (Å²) in [5.74, 6) is 1.90. The van der Waals surface area contributed by atoms with Crippen molar-refractivity contribution in [1.29, 1.82) is 0 Å². The molecule has 5 nitrogen and oxygen atoms in total. The zero-order valence-electron chi connectivity index (χ0n) is 11.3. The number of aromatic nitrogens is 2. The molecule has 2 aromatic rings. The Kier molecular flexibility index (Phi) is 3.40. The van der Waals surface area contributed by atoms with Crippen LogP contribution in [-0.4, -0.2) is 22.9 Å². The Morgan fingerprint density at radius 3 is 3.16 bits per heavy atom. The van der Waals surface area contributed by atoms with E-state index in [0.717, 1.165) is 43.3 Å². The van der Waals surface area contributed by atoms with Gasteiger partial charge in [-0.05, 0) is 31.0 Å². The van der Waals surface area contributed by atoms with E-state index in [1.165, 1.54) is 5.56 Å². The van der Waals surface area contributed by atoms with Crippen LogP contribution in [0.15, 0.2) is 22.7 Å². The molecule has 0 aromatic carbocycles. The van der Waals surface area contributed by atoms with Crippen LogP contribution in [0.4, 0.5) is 0 Å². The fourth-order valence-electron chi connectivity index (χ4n) is 2.47. The molecule has 0 fully saturated rings. The lowest BCUT2D eigenvalue weighted by Gasteiger charge is -2.22. The molecule has 1 aliphatic heterocycles. The van der Waals surface area contributed by atoms with Crippen molar-refractivity contribution < 1.29 is 9.15 Å². The standard InChI is InChI=1S/C14H19N3O2/c1-10-3-4-12(19-10)7-15-8-13-14-11(5-6-18-13)9-17(2)16-14/h3-4,9,13,15H,5-8H2,1-2H3/t13-/m1/s1. The normalized spacial score (nSPS) is 18.5. The Hall–Kier alpha value is -1.59. The maximum absolute atomic E-state index is 5.79. The van der Waals surface area contributed by atoms with Crippen molar-refractivity contribution in [1.82, 2.24) is 15.1 Å². The predicted molar refractivity (Wildman–Crippen MR) is 70.8 cm³/mol. The van der Waals surface area contributed by atoms with Gasteiger partial charge >= 0.3 is 0 Å². The number of aryl methyl sites for hydroxylation is 2. The highest BCUT2D eigenvalue weighted by Gasteiger charge is 2.23. The highest BCUT2D eigenvalue weighted by Crippen LogP contribution is 2.24. The van der Waals surface area contributed by atoms with E-state index in [2.05, 4.69) is 16.6 Å². The molecule has 0 saturated heterocycles. The van der Waals surface area contributed by atoms with Gasteiger partial charge in [-0.25, -0.2) is 0 Å². The van der Waals surface area contributed by atoms with Gasteiger partial charge in [0.1, 0.15) is 17.6 Å². The van der Waals surface area contributed by atoms with Gasteiger partial charge in [0.05, 0.1) is 18.8 Å². The lowest BCUT2D eigenvalue weighted by atomic mass is 10.1. The van der Waals surface area contributed by atoms with Crippen LogP contribution in [0, 0.1) is 6.92 Å². The molecule has 0 unspecified atom stereocenters. The minimum Gasteiger partial charge on any atom is -0.465 e. The summed E-state index contributed by atoms with van der Waals surface area (Å²) in [5.41, 5.74) is 2.37. The summed E-state index contributed by atoms with van der Waals surface area (Å²) in [4.78, 5) is 0. The molecule has 19 heavy (non-hydrogen) atoms. The number of fused-ring (bicyclic) bond motifs is 1. The van der Waals surface area contributed by atoms with E-state index in [1.807, 2.05) is 30.8 Å². The summed E-state index contributed by atoms with van der Waals surface area (Å²) < 4.78 is 13.2. The number of hydrogen-bond donors (Lipinski definition) is 1. The molecule has 0 aliphatic carbocycles. The monoisotopic (exact) mass is 261 g/mol. The summed E-state index contributed by atoms with van der Waals surface area (Å²) in [5, 5.41) is 7.86. The van der Waals surface area contributed by atoms with Crippen molar-refractivity contribution >= 4 is 0 Å². The second-order valence-corrected chi connectivity index (χ2v) is 4.97. The molecule has 5 heteroatoms. The molecule has 102 valence electrons. The van der Waals surface area contributed by atoms with E-state index in [0.29, 0.717) is 0 Å². The molecule has 0 radical (unpaired) electrons. The number of nitrogens with zero attached hydrogens (tertiary/aromatic N) is 2. The number of nitrogens with one attached hydrogen (secondary N) is 1. The molecule has 3 rings (SSSR count). The largest absolute Gasteiger partial charge is 0.465 e. The van der Waals surface area contributed by atoms with Gasteiger partial charge in [0.15, 0.2) is 0 Å². The van der Waals surface area contributed by atoms with Crippen LogP contribution < -0.4 is 5.32 Å². The zero-order chi connectivity index (χ0) is 13.2. The van der Waals surface area contributed by atoms with Crippen LogP contribution in [0.3, 0.4) is 0 Å². The van der Waals surface area contributed by atoms with E-state index in [4.69, 9.17) is 9.15 Å². The first-order chi connectivity index (χ1) is 9.22. The van der Waals surface area contributed by atoms with E-state index in [9.17, 15) is 0 Å². The SMILES string of the molecule is Cc1ccc(CNC[C@H]2OCCc3cn(C)nc32)o1. The number of hydrogen-bond acceptors (Lipinski definition) is 4. The number of furan rings is 1.